The summed E-state index contributed by atoms with van der Waals surface area (Å²) in [6, 6.07) is 7.44. The number of hydrogen-bond donors (Lipinski definition) is 0. The molecular weight excluding hydrogens is 451 g/mol. The fourth-order valence-corrected chi connectivity index (χ4v) is 6.54. The third-order valence-electron chi connectivity index (χ3n) is 4.95. The topological polar surface area (TPSA) is 49.9 Å². The van der Waals surface area contributed by atoms with Gasteiger partial charge >= 0.3 is 0 Å². The van der Waals surface area contributed by atoms with E-state index in [1.165, 1.54) is 19.3 Å². The normalized spacial score (nSPS) is 21.8. The van der Waals surface area contributed by atoms with Crippen LogP contribution in [0.1, 0.15) is 31.7 Å². The molecule has 0 N–H and O–H groups in total. The molecule has 0 unspecified atom stereocenters. The molecule has 2 fully saturated rings. The van der Waals surface area contributed by atoms with Gasteiger partial charge in [-0.2, -0.15) is 4.31 Å². The number of sulfonamides is 1. The monoisotopic (exact) mass is 478 g/mol. The van der Waals surface area contributed by atoms with Gasteiger partial charge < -0.3 is 4.74 Å². The van der Waals surface area contributed by atoms with Gasteiger partial charge in [-0.1, -0.05) is 60.6 Å². The van der Waals surface area contributed by atoms with E-state index in [-0.39, 0.29) is 0 Å². The second-order valence-corrected chi connectivity index (χ2v) is 11.2. The third-order valence-corrected chi connectivity index (χ3v) is 8.17. The zero-order valence-corrected chi connectivity index (χ0v) is 17.8. The summed E-state index contributed by atoms with van der Waals surface area (Å²) in [5, 5.41) is 0. The van der Waals surface area contributed by atoms with Gasteiger partial charge in [0.25, 0.3) is 0 Å². The second kappa shape index (κ2) is 8.21. The molecule has 0 aromatic heterocycles. The van der Waals surface area contributed by atoms with E-state index in [4.69, 9.17) is 4.74 Å². The lowest BCUT2D eigenvalue weighted by atomic mass is 9.93. The molecule has 2 heterocycles. The van der Waals surface area contributed by atoms with E-state index in [2.05, 4.69) is 34.4 Å². The summed E-state index contributed by atoms with van der Waals surface area (Å²) in [6.45, 7) is 6.84. The molecule has 3 rings (SSSR count). The van der Waals surface area contributed by atoms with E-state index in [9.17, 15) is 8.42 Å². The Morgan fingerprint density at radius 3 is 2.56 bits per heavy atom. The molecule has 0 amide bonds. The maximum absolute atomic E-state index is 13.0. The number of likely N-dealkylation sites (tertiary alicyclic amines) is 1. The van der Waals surface area contributed by atoms with Crippen LogP contribution >= 0.6 is 22.6 Å². The van der Waals surface area contributed by atoms with E-state index in [0.29, 0.717) is 41.2 Å². The average molecular weight is 478 g/mol. The van der Waals surface area contributed by atoms with Crippen LogP contribution in [0.3, 0.4) is 0 Å². The molecule has 5 nitrogen and oxygen atoms in total. The van der Waals surface area contributed by atoms with Crippen molar-refractivity contribution in [3.8, 4) is 0 Å². The van der Waals surface area contributed by atoms with Gasteiger partial charge in [0, 0.05) is 36.1 Å². The highest BCUT2D eigenvalue weighted by Crippen LogP contribution is 2.37. The highest BCUT2D eigenvalue weighted by molar-refractivity contribution is 14.1. The van der Waals surface area contributed by atoms with E-state index >= 15 is 0 Å². The van der Waals surface area contributed by atoms with Gasteiger partial charge in [0.1, 0.15) is 0 Å². The summed E-state index contributed by atoms with van der Waals surface area (Å²) in [5.41, 5.74) is 0.905. The molecule has 1 aromatic carbocycles. The van der Waals surface area contributed by atoms with Gasteiger partial charge in [-0.15, -0.1) is 0 Å². The first kappa shape index (κ1) is 19.5. The number of nitrogens with zero attached hydrogens (tertiary/aromatic N) is 2. The molecule has 0 radical (unpaired) electrons. The Hall–Kier alpha value is -0.220. The number of ether oxygens (including phenoxy) is 1. The number of benzene rings is 1. The van der Waals surface area contributed by atoms with E-state index in [1.54, 1.807) is 10.4 Å². The Bertz CT molecular complexity index is 683. The van der Waals surface area contributed by atoms with E-state index < -0.39 is 10.0 Å². The van der Waals surface area contributed by atoms with Crippen molar-refractivity contribution in [2.45, 2.75) is 41.0 Å². The minimum atomic E-state index is -3.44. The van der Waals surface area contributed by atoms with Gasteiger partial charge in [-0.05, 0) is 18.1 Å². The van der Waals surface area contributed by atoms with Crippen LogP contribution in [-0.4, -0.2) is 60.4 Å². The van der Waals surface area contributed by atoms with Crippen LogP contribution in [0.2, 0.25) is 0 Å². The van der Waals surface area contributed by atoms with E-state index in [1.807, 2.05) is 18.2 Å². The van der Waals surface area contributed by atoms with Gasteiger partial charge in [0.2, 0.25) is 10.0 Å². The average Bonchev–Trinajstić information content (AvgIpc) is 2.60. The zero-order valence-electron chi connectivity index (χ0n) is 14.8. The Morgan fingerprint density at radius 2 is 1.88 bits per heavy atom. The summed E-state index contributed by atoms with van der Waals surface area (Å²) in [6.07, 6.45) is 3.73. The zero-order chi connectivity index (χ0) is 17.9. The molecule has 1 aromatic rings. The number of halogens is 1. The molecule has 0 saturated carbocycles. The number of unbranched alkanes of at least 4 members (excludes halogenated alkanes) is 1. The predicted octanol–water partition coefficient (Wildman–Crippen LogP) is 2.89. The Balaban J connectivity index is 1.70. The van der Waals surface area contributed by atoms with Crippen molar-refractivity contribution in [1.82, 2.24) is 9.21 Å². The summed E-state index contributed by atoms with van der Waals surface area (Å²) >= 11 is 2.59. The lowest BCUT2D eigenvalue weighted by Gasteiger charge is -2.47. The Kier molecular flexibility index (Phi) is 6.41. The number of rotatable bonds is 7. The minimum absolute atomic E-state index is 0.367. The lowest BCUT2D eigenvalue weighted by Crippen LogP contribution is -2.57. The number of morpholine rings is 1. The molecule has 0 bridgehead atoms. The SMILES string of the molecule is CCCCC1(I)CN(Cc2ccccc2S(=O)(=O)N2CCOCC2)C1. The van der Waals surface area contributed by atoms with Crippen molar-refractivity contribution in [3.05, 3.63) is 29.8 Å². The molecule has 0 atom stereocenters. The standard InChI is InChI=1S/C18H27IN2O3S/c1-2-3-8-18(19)14-20(15-18)13-16-6-4-5-7-17(16)25(22,23)21-9-11-24-12-10-21/h4-7H,2-3,8-15H2,1H3. The van der Waals surface area contributed by atoms with Crippen LogP contribution in [0.25, 0.3) is 0 Å². The summed E-state index contributed by atoms with van der Waals surface area (Å²) in [7, 11) is -3.44. The van der Waals surface area contributed by atoms with Crippen molar-refractivity contribution in [1.29, 1.82) is 0 Å². The van der Waals surface area contributed by atoms with Crippen LogP contribution in [0.5, 0.6) is 0 Å². The van der Waals surface area contributed by atoms with Crippen molar-refractivity contribution in [2.24, 2.45) is 0 Å². The van der Waals surface area contributed by atoms with Crippen LogP contribution in [0.15, 0.2) is 29.2 Å². The Morgan fingerprint density at radius 1 is 1.20 bits per heavy atom. The molecular formula is C18H27IN2O3S. The fourth-order valence-electron chi connectivity index (χ4n) is 3.57. The highest BCUT2D eigenvalue weighted by atomic mass is 127. The van der Waals surface area contributed by atoms with Crippen LogP contribution in [0, 0.1) is 0 Å². The van der Waals surface area contributed by atoms with E-state index in [0.717, 1.165) is 18.7 Å². The molecule has 0 aliphatic carbocycles. The van der Waals surface area contributed by atoms with Crippen molar-refractivity contribution in [3.63, 3.8) is 0 Å². The molecule has 140 valence electrons. The first-order valence-corrected chi connectivity index (χ1v) is 11.5. The molecule has 0 spiro atoms. The molecule has 2 aliphatic heterocycles. The van der Waals surface area contributed by atoms with Gasteiger partial charge in [-0.3, -0.25) is 4.90 Å². The number of hydrogen-bond acceptors (Lipinski definition) is 4. The molecule has 2 aliphatic rings. The minimum Gasteiger partial charge on any atom is -0.379 e. The van der Waals surface area contributed by atoms with Crippen LogP contribution in [-0.2, 0) is 21.3 Å². The number of alkyl halides is 1. The van der Waals surface area contributed by atoms with Gasteiger partial charge in [-0.25, -0.2) is 8.42 Å². The smallest absolute Gasteiger partial charge is 0.243 e. The van der Waals surface area contributed by atoms with Crippen LogP contribution < -0.4 is 0 Å². The summed E-state index contributed by atoms with van der Waals surface area (Å²) < 4.78 is 33.2. The molecule has 7 heteroatoms. The lowest BCUT2D eigenvalue weighted by molar-refractivity contribution is 0.0729. The van der Waals surface area contributed by atoms with Crippen molar-refractivity contribution < 1.29 is 13.2 Å². The van der Waals surface area contributed by atoms with Gasteiger partial charge in [0.15, 0.2) is 0 Å². The van der Waals surface area contributed by atoms with Crippen molar-refractivity contribution in [2.75, 3.05) is 39.4 Å². The van der Waals surface area contributed by atoms with Crippen LogP contribution in [0.4, 0.5) is 0 Å². The first-order chi connectivity index (χ1) is 11.9. The first-order valence-electron chi connectivity index (χ1n) is 9.02. The summed E-state index contributed by atoms with van der Waals surface area (Å²) in [5.74, 6) is 0. The maximum atomic E-state index is 13.0. The second-order valence-electron chi connectivity index (χ2n) is 7.02. The highest BCUT2D eigenvalue weighted by Gasteiger charge is 2.40. The predicted molar refractivity (Wildman–Crippen MR) is 108 cm³/mol. The largest absolute Gasteiger partial charge is 0.379 e. The maximum Gasteiger partial charge on any atom is 0.243 e. The summed E-state index contributed by atoms with van der Waals surface area (Å²) in [4.78, 5) is 2.81. The Labute approximate surface area is 164 Å². The third kappa shape index (κ3) is 4.55. The quantitative estimate of drug-likeness (QED) is 0.447. The molecule has 2 saturated heterocycles. The fraction of sp³-hybridized carbons (Fsp3) is 0.667. The van der Waals surface area contributed by atoms with Crippen molar-refractivity contribution >= 4 is 32.6 Å². The van der Waals surface area contributed by atoms with Gasteiger partial charge in [0.05, 0.1) is 18.1 Å². The molecule has 25 heavy (non-hydrogen) atoms.